The Bertz CT molecular complexity index is 465. The number of hydrogen-bond acceptors (Lipinski definition) is 4. The van der Waals surface area contributed by atoms with Crippen LogP contribution in [0.1, 0.15) is 24.1 Å². The highest BCUT2D eigenvalue weighted by Gasteiger charge is 2.26. The molecule has 1 fully saturated rings. The van der Waals surface area contributed by atoms with Crippen molar-refractivity contribution in [2.75, 3.05) is 32.1 Å². The number of rotatable bonds is 2. The van der Waals surface area contributed by atoms with Gasteiger partial charge in [-0.3, -0.25) is 4.79 Å². The number of anilines is 1. The third kappa shape index (κ3) is 3.03. The molecule has 1 aliphatic heterocycles. The van der Waals surface area contributed by atoms with E-state index >= 15 is 0 Å². The Labute approximate surface area is 114 Å². The first kappa shape index (κ1) is 13.8. The van der Waals surface area contributed by atoms with Gasteiger partial charge < -0.3 is 9.80 Å². The van der Waals surface area contributed by atoms with Gasteiger partial charge in [-0.05, 0) is 38.3 Å². The largest absolute Gasteiger partial charge is 0.355 e. The van der Waals surface area contributed by atoms with Crippen LogP contribution in [0, 0.1) is 19.8 Å². The third-order valence-corrected chi connectivity index (χ3v) is 3.83. The SMILES string of the molecule is Cc1cc(N2CCC(C(=O)N(C)C)CC2)nnc1C. The van der Waals surface area contributed by atoms with Crippen molar-refractivity contribution in [3.63, 3.8) is 0 Å². The molecule has 2 heterocycles. The maximum atomic E-state index is 11.9. The monoisotopic (exact) mass is 262 g/mol. The summed E-state index contributed by atoms with van der Waals surface area (Å²) in [5, 5.41) is 8.42. The van der Waals surface area contributed by atoms with Gasteiger partial charge in [0, 0.05) is 33.1 Å². The molecule has 1 aromatic heterocycles. The number of nitrogens with zero attached hydrogens (tertiary/aromatic N) is 4. The van der Waals surface area contributed by atoms with Crippen LogP contribution in [0.3, 0.4) is 0 Å². The molecule has 0 spiro atoms. The minimum Gasteiger partial charge on any atom is -0.355 e. The average Bonchev–Trinajstić information content (AvgIpc) is 2.41. The van der Waals surface area contributed by atoms with Crippen LogP contribution in [-0.2, 0) is 4.79 Å². The summed E-state index contributed by atoms with van der Waals surface area (Å²) < 4.78 is 0. The van der Waals surface area contributed by atoms with Crippen LogP contribution in [-0.4, -0.2) is 48.2 Å². The van der Waals surface area contributed by atoms with E-state index < -0.39 is 0 Å². The minimum absolute atomic E-state index is 0.158. The normalized spacial score (nSPS) is 16.5. The number of hydrogen-bond donors (Lipinski definition) is 0. The van der Waals surface area contributed by atoms with Gasteiger partial charge in [-0.15, -0.1) is 5.10 Å². The predicted octanol–water partition coefficient (Wildman–Crippen LogP) is 1.40. The molecule has 1 aliphatic rings. The lowest BCUT2D eigenvalue weighted by Gasteiger charge is -2.33. The minimum atomic E-state index is 0.158. The Morgan fingerprint density at radius 2 is 1.89 bits per heavy atom. The van der Waals surface area contributed by atoms with Gasteiger partial charge >= 0.3 is 0 Å². The summed E-state index contributed by atoms with van der Waals surface area (Å²) in [5.74, 6) is 1.33. The van der Waals surface area contributed by atoms with Crippen LogP contribution in [0.15, 0.2) is 6.07 Å². The van der Waals surface area contributed by atoms with Crippen LogP contribution in [0.4, 0.5) is 5.82 Å². The summed E-state index contributed by atoms with van der Waals surface area (Å²) in [5.41, 5.74) is 2.14. The number of carbonyl (C=O) groups excluding carboxylic acids is 1. The molecule has 0 saturated carbocycles. The molecule has 0 aromatic carbocycles. The summed E-state index contributed by atoms with van der Waals surface area (Å²) in [7, 11) is 3.65. The van der Waals surface area contributed by atoms with Gasteiger partial charge in [-0.25, -0.2) is 0 Å². The fraction of sp³-hybridized carbons (Fsp3) is 0.643. The lowest BCUT2D eigenvalue weighted by atomic mass is 9.95. The van der Waals surface area contributed by atoms with Gasteiger partial charge in [-0.2, -0.15) is 5.10 Å². The van der Waals surface area contributed by atoms with E-state index in [1.165, 1.54) is 0 Å². The van der Waals surface area contributed by atoms with Gasteiger partial charge in [0.15, 0.2) is 5.82 Å². The summed E-state index contributed by atoms with van der Waals surface area (Å²) in [4.78, 5) is 15.8. The summed E-state index contributed by atoms with van der Waals surface area (Å²) in [6.45, 7) is 5.77. The first-order chi connectivity index (χ1) is 8.99. The molecule has 2 rings (SSSR count). The zero-order chi connectivity index (χ0) is 14.0. The van der Waals surface area contributed by atoms with E-state index in [1.54, 1.807) is 4.90 Å². The highest BCUT2D eigenvalue weighted by atomic mass is 16.2. The van der Waals surface area contributed by atoms with E-state index in [0.29, 0.717) is 0 Å². The number of piperidine rings is 1. The molecule has 5 nitrogen and oxygen atoms in total. The molecule has 0 aliphatic carbocycles. The zero-order valence-corrected chi connectivity index (χ0v) is 12.2. The van der Waals surface area contributed by atoms with Crippen molar-refractivity contribution in [2.45, 2.75) is 26.7 Å². The summed E-state index contributed by atoms with van der Waals surface area (Å²) >= 11 is 0. The molecule has 0 unspecified atom stereocenters. The second kappa shape index (κ2) is 5.55. The van der Waals surface area contributed by atoms with Crippen molar-refractivity contribution in [2.24, 2.45) is 5.92 Å². The molecule has 1 aromatic rings. The predicted molar refractivity (Wildman–Crippen MR) is 75.1 cm³/mol. The fourth-order valence-electron chi connectivity index (χ4n) is 2.41. The average molecular weight is 262 g/mol. The molecule has 0 bridgehead atoms. The summed E-state index contributed by atoms with van der Waals surface area (Å²) in [6, 6.07) is 2.08. The number of aryl methyl sites for hydroxylation is 2. The molecule has 19 heavy (non-hydrogen) atoms. The van der Waals surface area contributed by atoms with Crippen LogP contribution < -0.4 is 4.90 Å². The lowest BCUT2D eigenvalue weighted by Crippen LogP contribution is -2.40. The summed E-state index contributed by atoms with van der Waals surface area (Å²) in [6.07, 6.45) is 1.79. The second-order valence-electron chi connectivity index (χ2n) is 5.46. The van der Waals surface area contributed by atoms with Gasteiger partial charge in [0.1, 0.15) is 0 Å². The molecular weight excluding hydrogens is 240 g/mol. The van der Waals surface area contributed by atoms with Crippen molar-refractivity contribution in [1.29, 1.82) is 0 Å². The molecular formula is C14H22N4O. The quantitative estimate of drug-likeness (QED) is 0.808. The Morgan fingerprint density at radius 3 is 2.42 bits per heavy atom. The first-order valence-electron chi connectivity index (χ1n) is 6.76. The van der Waals surface area contributed by atoms with Crippen molar-refractivity contribution < 1.29 is 4.79 Å². The molecule has 104 valence electrons. The smallest absolute Gasteiger partial charge is 0.225 e. The van der Waals surface area contributed by atoms with Gasteiger partial charge in [0.25, 0.3) is 0 Å². The highest BCUT2D eigenvalue weighted by molar-refractivity contribution is 5.78. The van der Waals surface area contributed by atoms with E-state index in [1.807, 2.05) is 21.0 Å². The molecule has 0 radical (unpaired) electrons. The molecule has 5 heteroatoms. The molecule has 1 saturated heterocycles. The van der Waals surface area contributed by atoms with Gasteiger partial charge in [-0.1, -0.05) is 0 Å². The van der Waals surface area contributed by atoms with Crippen LogP contribution >= 0.6 is 0 Å². The van der Waals surface area contributed by atoms with Gasteiger partial charge in [0.2, 0.25) is 5.91 Å². The van der Waals surface area contributed by atoms with E-state index in [9.17, 15) is 4.79 Å². The van der Waals surface area contributed by atoms with Crippen molar-refractivity contribution in [3.8, 4) is 0 Å². The van der Waals surface area contributed by atoms with Gasteiger partial charge in [0.05, 0.1) is 5.69 Å². The topological polar surface area (TPSA) is 49.3 Å². The molecule has 0 atom stereocenters. The lowest BCUT2D eigenvalue weighted by molar-refractivity contribution is -0.133. The third-order valence-electron chi connectivity index (χ3n) is 3.83. The van der Waals surface area contributed by atoms with Crippen LogP contribution in [0.2, 0.25) is 0 Å². The van der Waals surface area contributed by atoms with Crippen molar-refractivity contribution >= 4 is 11.7 Å². The first-order valence-corrected chi connectivity index (χ1v) is 6.76. The van der Waals surface area contributed by atoms with E-state index in [-0.39, 0.29) is 11.8 Å². The Morgan fingerprint density at radius 1 is 1.26 bits per heavy atom. The molecule has 1 amide bonds. The Balaban J connectivity index is 2.00. The highest BCUT2D eigenvalue weighted by Crippen LogP contribution is 2.23. The number of amides is 1. The van der Waals surface area contributed by atoms with E-state index in [4.69, 9.17) is 0 Å². The van der Waals surface area contributed by atoms with Crippen molar-refractivity contribution in [3.05, 3.63) is 17.3 Å². The molecule has 0 N–H and O–H groups in total. The number of aromatic nitrogens is 2. The maximum Gasteiger partial charge on any atom is 0.225 e. The maximum absolute atomic E-state index is 11.9. The van der Waals surface area contributed by atoms with Crippen molar-refractivity contribution in [1.82, 2.24) is 15.1 Å². The van der Waals surface area contributed by atoms with E-state index in [0.717, 1.165) is 43.0 Å². The van der Waals surface area contributed by atoms with Crippen LogP contribution in [0.5, 0.6) is 0 Å². The second-order valence-corrected chi connectivity index (χ2v) is 5.46. The zero-order valence-electron chi connectivity index (χ0n) is 12.2. The van der Waals surface area contributed by atoms with E-state index in [2.05, 4.69) is 28.1 Å². The Hall–Kier alpha value is -1.65. The standard InChI is InChI=1S/C14H22N4O/c1-10-9-13(16-15-11(10)2)18-7-5-12(6-8-18)14(19)17(3)4/h9,12H,5-8H2,1-4H3. The fourth-order valence-corrected chi connectivity index (χ4v) is 2.41. The Kier molecular flexibility index (Phi) is 4.02. The van der Waals surface area contributed by atoms with Crippen LogP contribution in [0.25, 0.3) is 0 Å². The number of carbonyl (C=O) groups is 1.